The Labute approximate surface area is 140 Å². The number of aromatic nitrogens is 2. The van der Waals surface area contributed by atoms with Crippen molar-refractivity contribution < 1.29 is 9.90 Å². The van der Waals surface area contributed by atoms with Crippen molar-refractivity contribution in [1.82, 2.24) is 14.7 Å². The van der Waals surface area contributed by atoms with Crippen molar-refractivity contribution in [3.8, 4) is 5.69 Å². The Morgan fingerprint density at radius 3 is 2.75 bits per heavy atom. The van der Waals surface area contributed by atoms with Gasteiger partial charge >= 0.3 is 0 Å². The number of hydrogen-bond acceptors (Lipinski definition) is 4. The second-order valence-electron chi connectivity index (χ2n) is 5.96. The largest absolute Gasteiger partial charge is 0.396 e. The van der Waals surface area contributed by atoms with Crippen LogP contribution in [0.5, 0.6) is 0 Å². The summed E-state index contributed by atoms with van der Waals surface area (Å²) in [7, 11) is 0. The van der Waals surface area contributed by atoms with Crippen LogP contribution in [-0.4, -0.2) is 44.9 Å². The van der Waals surface area contributed by atoms with E-state index in [1.165, 1.54) is 16.8 Å². The van der Waals surface area contributed by atoms with Crippen molar-refractivity contribution in [3.05, 3.63) is 58.5 Å². The van der Waals surface area contributed by atoms with Crippen molar-refractivity contribution in [1.29, 1.82) is 0 Å². The number of amides is 1. The zero-order valence-corrected chi connectivity index (χ0v) is 13.5. The minimum atomic E-state index is -0.268. The van der Waals surface area contributed by atoms with Crippen LogP contribution in [0, 0.1) is 0 Å². The van der Waals surface area contributed by atoms with Crippen LogP contribution in [0.25, 0.3) is 5.69 Å². The topological polar surface area (TPSA) is 75.4 Å². The predicted molar refractivity (Wildman–Crippen MR) is 90.2 cm³/mol. The summed E-state index contributed by atoms with van der Waals surface area (Å²) in [6, 6.07) is 12.1. The number of aliphatic hydroxyl groups is 1. The monoisotopic (exact) mass is 327 g/mol. The van der Waals surface area contributed by atoms with Gasteiger partial charge in [-0.15, -0.1) is 0 Å². The van der Waals surface area contributed by atoms with Crippen LogP contribution in [0.1, 0.15) is 36.2 Å². The molecule has 1 aromatic heterocycles. The molecule has 6 nitrogen and oxygen atoms in total. The fourth-order valence-electron chi connectivity index (χ4n) is 3.16. The summed E-state index contributed by atoms with van der Waals surface area (Å²) in [6.45, 7) is 0.830. The summed E-state index contributed by atoms with van der Waals surface area (Å²) in [5.74, 6) is -0.153. The first-order chi connectivity index (χ1) is 11.7. The van der Waals surface area contributed by atoms with Crippen molar-refractivity contribution in [2.75, 3.05) is 13.2 Å². The maximum absolute atomic E-state index is 12.8. The molecule has 0 bridgehead atoms. The number of nitrogens with zero attached hydrogens (tertiary/aromatic N) is 3. The highest BCUT2D eigenvalue weighted by Gasteiger charge is 2.29. The van der Waals surface area contributed by atoms with E-state index >= 15 is 0 Å². The van der Waals surface area contributed by atoms with Crippen LogP contribution < -0.4 is 5.56 Å². The zero-order valence-electron chi connectivity index (χ0n) is 13.5. The number of benzene rings is 1. The summed E-state index contributed by atoms with van der Waals surface area (Å²) >= 11 is 0. The molecule has 6 heteroatoms. The molecular weight excluding hydrogens is 306 g/mol. The van der Waals surface area contributed by atoms with Crippen LogP contribution in [-0.2, 0) is 0 Å². The number of aliphatic hydroxyl groups excluding tert-OH is 1. The van der Waals surface area contributed by atoms with Gasteiger partial charge < -0.3 is 10.0 Å². The van der Waals surface area contributed by atoms with E-state index in [-0.39, 0.29) is 29.8 Å². The standard InChI is InChI=1S/C18H21N3O3/c22-13-5-9-14-8-4-12-20(14)18(24)16-10-11-17(23)21(19-16)15-6-2-1-3-7-15/h1-3,6-7,10-11,14,22H,4-5,8-9,12-13H2. The van der Waals surface area contributed by atoms with E-state index in [2.05, 4.69) is 5.10 Å². The molecule has 126 valence electrons. The minimum absolute atomic E-state index is 0.135. The Morgan fingerprint density at radius 1 is 1.21 bits per heavy atom. The first kappa shape index (κ1) is 16.4. The average molecular weight is 327 g/mol. The van der Waals surface area contributed by atoms with Gasteiger partial charge in [0.25, 0.3) is 11.5 Å². The molecule has 2 aromatic rings. The predicted octanol–water partition coefficient (Wildman–Crippen LogP) is 1.61. The van der Waals surface area contributed by atoms with Crippen molar-refractivity contribution >= 4 is 5.91 Å². The third kappa shape index (κ3) is 3.38. The number of carbonyl (C=O) groups is 1. The van der Waals surface area contributed by atoms with Gasteiger partial charge in [-0.1, -0.05) is 18.2 Å². The first-order valence-corrected chi connectivity index (χ1v) is 8.28. The zero-order chi connectivity index (χ0) is 16.9. The highest BCUT2D eigenvalue weighted by atomic mass is 16.3. The summed E-state index contributed by atoms with van der Waals surface area (Å²) in [5.41, 5.74) is 0.640. The van der Waals surface area contributed by atoms with E-state index in [9.17, 15) is 9.59 Å². The lowest BCUT2D eigenvalue weighted by Crippen LogP contribution is -2.37. The summed E-state index contributed by atoms with van der Waals surface area (Å²) in [5, 5.41) is 13.3. The van der Waals surface area contributed by atoms with Crippen molar-refractivity contribution in [3.63, 3.8) is 0 Å². The minimum Gasteiger partial charge on any atom is -0.396 e. The molecule has 0 radical (unpaired) electrons. The molecule has 1 aromatic carbocycles. The van der Waals surface area contributed by atoms with E-state index in [1.807, 2.05) is 23.1 Å². The van der Waals surface area contributed by atoms with Crippen LogP contribution in [0.15, 0.2) is 47.3 Å². The fourth-order valence-corrected chi connectivity index (χ4v) is 3.16. The smallest absolute Gasteiger partial charge is 0.274 e. The highest BCUT2D eigenvalue weighted by molar-refractivity contribution is 5.92. The second kappa shape index (κ2) is 7.40. The maximum Gasteiger partial charge on any atom is 0.274 e. The molecule has 1 aliphatic heterocycles. The Bertz CT molecular complexity index is 758. The molecule has 1 fully saturated rings. The van der Waals surface area contributed by atoms with Gasteiger partial charge in [0.1, 0.15) is 5.69 Å². The molecule has 2 heterocycles. The van der Waals surface area contributed by atoms with E-state index in [1.54, 1.807) is 12.1 Å². The summed E-state index contributed by atoms with van der Waals surface area (Å²) < 4.78 is 1.26. The van der Waals surface area contributed by atoms with Gasteiger partial charge in [-0.25, -0.2) is 0 Å². The van der Waals surface area contributed by atoms with Gasteiger partial charge in [-0.2, -0.15) is 9.78 Å². The lowest BCUT2D eigenvalue weighted by Gasteiger charge is -2.24. The molecule has 1 unspecified atom stereocenters. The quantitative estimate of drug-likeness (QED) is 0.905. The Morgan fingerprint density at radius 2 is 2.00 bits per heavy atom. The van der Waals surface area contributed by atoms with E-state index in [0.29, 0.717) is 18.7 Å². The molecule has 1 atom stereocenters. The van der Waals surface area contributed by atoms with Gasteiger partial charge in [0.15, 0.2) is 0 Å². The van der Waals surface area contributed by atoms with Gasteiger partial charge in [0, 0.05) is 25.3 Å². The van der Waals surface area contributed by atoms with Crippen LogP contribution in [0.2, 0.25) is 0 Å². The van der Waals surface area contributed by atoms with Crippen LogP contribution in [0.4, 0.5) is 0 Å². The molecule has 24 heavy (non-hydrogen) atoms. The number of rotatable bonds is 5. The Kier molecular flexibility index (Phi) is 5.05. The summed E-state index contributed by atoms with van der Waals surface area (Å²) in [4.78, 5) is 26.7. The van der Waals surface area contributed by atoms with Gasteiger partial charge in [-0.3, -0.25) is 9.59 Å². The lowest BCUT2D eigenvalue weighted by molar-refractivity contribution is 0.0716. The average Bonchev–Trinajstić information content (AvgIpc) is 3.09. The number of hydrogen-bond donors (Lipinski definition) is 1. The van der Waals surface area contributed by atoms with Gasteiger partial charge in [-0.05, 0) is 43.9 Å². The molecule has 3 rings (SSSR count). The fraction of sp³-hybridized carbons (Fsp3) is 0.389. The lowest BCUT2D eigenvalue weighted by atomic mass is 10.1. The molecule has 0 saturated carbocycles. The number of likely N-dealkylation sites (tertiary alicyclic amines) is 1. The van der Waals surface area contributed by atoms with E-state index in [0.717, 1.165) is 19.3 Å². The number of para-hydroxylation sites is 1. The summed E-state index contributed by atoms with van der Waals surface area (Å²) in [6.07, 6.45) is 3.39. The third-order valence-corrected chi connectivity index (χ3v) is 4.35. The van der Waals surface area contributed by atoms with Crippen LogP contribution >= 0.6 is 0 Å². The van der Waals surface area contributed by atoms with Crippen LogP contribution in [0.3, 0.4) is 0 Å². The maximum atomic E-state index is 12.8. The molecule has 1 aliphatic rings. The Balaban J connectivity index is 1.87. The SMILES string of the molecule is O=C(c1ccc(=O)n(-c2ccccc2)n1)N1CCCC1CCCO. The van der Waals surface area contributed by atoms with Gasteiger partial charge in [0.2, 0.25) is 0 Å². The number of carbonyl (C=O) groups excluding carboxylic acids is 1. The molecule has 1 saturated heterocycles. The second-order valence-corrected chi connectivity index (χ2v) is 5.96. The Hall–Kier alpha value is -2.47. The van der Waals surface area contributed by atoms with Crippen molar-refractivity contribution in [2.45, 2.75) is 31.7 Å². The molecule has 1 amide bonds. The van der Waals surface area contributed by atoms with Gasteiger partial charge in [0.05, 0.1) is 5.69 Å². The first-order valence-electron chi connectivity index (χ1n) is 8.28. The highest BCUT2D eigenvalue weighted by Crippen LogP contribution is 2.23. The molecule has 0 spiro atoms. The van der Waals surface area contributed by atoms with Crippen molar-refractivity contribution in [2.24, 2.45) is 0 Å². The molecule has 1 N–H and O–H groups in total. The third-order valence-electron chi connectivity index (χ3n) is 4.35. The van der Waals surface area contributed by atoms with E-state index in [4.69, 9.17) is 5.11 Å². The molecule has 0 aliphatic carbocycles. The molecular formula is C18H21N3O3. The normalized spacial score (nSPS) is 17.2. The van der Waals surface area contributed by atoms with E-state index < -0.39 is 0 Å².